The number of hydrogen-bond donors (Lipinski definition) is 0. The van der Waals surface area contributed by atoms with Crippen LogP contribution >= 0.6 is 7.14 Å². The van der Waals surface area contributed by atoms with Gasteiger partial charge in [-0.3, -0.25) is 0 Å². The van der Waals surface area contributed by atoms with Gasteiger partial charge in [0.15, 0.2) is 0 Å². The van der Waals surface area contributed by atoms with Crippen LogP contribution in [0.25, 0.3) is 0 Å². The molecule has 0 heterocycles. The van der Waals surface area contributed by atoms with Crippen LogP contribution in [0.2, 0.25) is 0 Å². The highest BCUT2D eigenvalue weighted by Gasteiger charge is 2.49. The van der Waals surface area contributed by atoms with Crippen LogP contribution in [0.15, 0.2) is 5.31 Å². The Hall–Kier alpha value is -0.320. The van der Waals surface area contributed by atoms with Crippen LogP contribution in [0.3, 0.4) is 0 Å². The van der Waals surface area contributed by atoms with Crippen LogP contribution in [0.5, 0.6) is 0 Å². The Morgan fingerprint density at radius 1 is 1.06 bits per heavy atom. The van der Waals surface area contributed by atoms with Gasteiger partial charge in [-0.15, -0.1) is 0 Å². The molecule has 0 saturated carbocycles. The number of allylic oxidation sites excluding steroid dienone is 1. The van der Waals surface area contributed by atoms with Crippen molar-refractivity contribution in [2.75, 3.05) is 0 Å². The van der Waals surface area contributed by atoms with Crippen LogP contribution in [0, 0.1) is 0 Å². The van der Waals surface area contributed by atoms with Gasteiger partial charge in [0.25, 0.3) is 0 Å². The highest BCUT2D eigenvalue weighted by atomic mass is 31.2. The summed E-state index contributed by atoms with van der Waals surface area (Å²) in [5.41, 5.74) is 0. The Morgan fingerprint density at radius 2 is 1.44 bits per heavy atom. The third-order valence-electron chi connectivity index (χ3n) is 2.87. The summed E-state index contributed by atoms with van der Waals surface area (Å²) in [4.78, 5) is 11.1. The molecule has 0 bridgehead atoms. The molecule has 0 rings (SSSR count). The highest BCUT2D eigenvalue weighted by molar-refractivity contribution is 7.71. The largest absolute Gasteiger partial charge is 0.317 e. The third-order valence-corrected chi connectivity index (χ3v) is 7.73. The minimum absolute atomic E-state index is 0.382. The molecule has 0 radical (unpaired) electrons. The van der Waals surface area contributed by atoms with E-state index in [-0.39, 0.29) is 10.3 Å². The molecule has 0 aliphatic heterocycles. The van der Waals surface area contributed by atoms with Gasteiger partial charge in [-0.25, -0.2) is 4.79 Å². The fourth-order valence-corrected chi connectivity index (χ4v) is 6.62. The van der Waals surface area contributed by atoms with E-state index in [1.165, 1.54) is 0 Å². The molecule has 0 fully saturated rings. The van der Waals surface area contributed by atoms with E-state index in [0.29, 0.717) is 11.7 Å². The lowest BCUT2D eigenvalue weighted by Crippen LogP contribution is -2.29. The molecule has 0 aliphatic rings. The van der Waals surface area contributed by atoms with Crippen LogP contribution in [-0.4, -0.2) is 16.3 Å². The topological polar surface area (TPSA) is 34.1 Å². The Morgan fingerprint density at radius 3 is 1.62 bits per heavy atom. The maximum atomic E-state index is 13.3. The highest BCUT2D eigenvalue weighted by Crippen LogP contribution is 2.72. The van der Waals surface area contributed by atoms with E-state index >= 15 is 0 Å². The van der Waals surface area contributed by atoms with Crippen molar-refractivity contribution in [3.8, 4) is 0 Å². The molecule has 0 N–H and O–H groups in total. The van der Waals surface area contributed by atoms with Crippen molar-refractivity contribution >= 4 is 13.1 Å². The quantitative estimate of drug-likeness (QED) is 0.542. The molecule has 0 aliphatic carbocycles. The third kappa shape index (κ3) is 2.67. The summed E-state index contributed by atoms with van der Waals surface area (Å²) in [6.07, 6.45) is 1.43. The van der Waals surface area contributed by atoms with Crippen LogP contribution in [0.4, 0.5) is 0 Å². The lowest BCUT2D eigenvalue weighted by atomic mass is 10.2. The molecular weight excluding hydrogens is 219 g/mol. The predicted molar refractivity (Wildman–Crippen MR) is 71.2 cm³/mol. The van der Waals surface area contributed by atoms with Gasteiger partial charge in [0.05, 0.1) is 5.31 Å². The van der Waals surface area contributed by atoms with Crippen molar-refractivity contribution in [2.45, 2.75) is 71.6 Å². The first-order chi connectivity index (χ1) is 7.02. The zero-order valence-corrected chi connectivity index (χ0v) is 12.6. The standard InChI is InChI=1S/C13H25O2P/c1-8-9-11(10-14)16(15,12(2,3)4)13(5,6)7/h8-9H2,1-7H3. The maximum absolute atomic E-state index is 13.3. The van der Waals surface area contributed by atoms with Gasteiger partial charge in [0.2, 0.25) is 0 Å². The molecule has 16 heavy (non-hydrogen) atoms. The summed E-state index contributed by atoms with van der Waals surface area (Å²) in [5.74, 6) is 1.96. The Balaban J connectivity index is 5.81. The summed E-state index contributed by atoms with van der Waals surface area (Å²) >= 11 is 0. The lowest BCUT2D eigenvalue weighted by Gasteiger charge is -2.41. The Kier molecular flexibility index (Phi) is 4.80. The molecule has 0 atom stereocenters. The van der Waals surface area contributed by atoms with Gasteiger partial charge in [-0.05, 0) is 6.42 Å². The fraction of sp³-hybridized carbons (Fsp3) is 0.846. The summed E-state index contributed by atoms with van der Waals surface area (Å²) in [5, 5.41) is -0.268. The molecule has 2 nitrogen and oxygen atoms in total. The minimum Gasteiger partial charge on any atom is -0.317 e. The normalized spacial score (nSPS) is 13.4. The molecule has 0 amide bonds. The summed E-state index contributed by atoms with van der Waals surface area (Å²) in [6.45, 7) is 13.7. The van der Waals surface area contributed by atoms with Crippen molar-refractivity contribution < 1.29 is 9.36 Å². The first kappa shape index (κ1) is 15.7. The van der Waals surface area contributed by atoms with E-state index in [2.05, 4.69) is 0 Å². The number of rotatable bonds is 3. The Labute approximate surface area is 99.9 Å². The summed E-state index contributed by atoms with van der Waals surface area (Å²) in [6, 6.07) is 0. The first-order valence-corrected chi connectivity index (χ1v) is 7.57. The van der Waals surface area contributed by atoms with Crippen molar-refractivity contribution in [2.24, 2.45) is 0 Å². The van der Waals surface area contributed by atoms with Crippen molar-refractivity contribution in [3.63, 3.8) is 0 Å². The average molecular weight is 244 g/mol. The van der Waals surface area contributed by atoms with Gasteiger partial charge in [0.1, 0.15) is 13.1 Å². The maximum Gasteiger partial charge on any atom is 0.132 e. The van der Waals surface area contributed by atoms with Gasteiger partial charge in [-0.1, -0.05) is 54.9 Å². The predicted octanol–water partition coefficient (Wildman–Crippen LogP) is 4.46. The molecule has 0 saturated heterocycles. The van der Waals surface area contributed by atoms with Crippen molar-refractivity contribution in [1.82, 2.24) is 0 Å². The van der Waals surface area contributed by atoms with Crippen molar-refractivity contribution in [3.05, 3.63) is 5.31 Å². The second kappa shape index (κ2) is 4.90. The second-order valence-electron chi connectivity index (χ2n) is 6.25. The molecule has 0 aromatic rings. The zero-order valence-electron chi connectivity index (χ0n) is 11.7. The van der Waals surface area contributed by atoms with Gasteiger partial charge < -0.3 is 4.57 Å². The second-order valence-corrected chi connectivity index (χ2v) is 10.7. The van der Waals surface area contributed by atoms with Gasteiger partial charge in [0, 0.05) is 10.3 Å². The van der Waals surface area contributed by atoms with E-state index in [1.807, 2.05) is 54.4 Å². The van der Waals surface area contributed by atoms with Gasteiger partial charge >= 0.3 is 0 Å². The van der Waals surface area contributed by atoms with Crippen LogP contribution < -0.4 is 0 Å². The number of carbonyl (C=O) groups excluding carboxylic acids is 1. The molecule has 0 unspecified atom stereocenters. The van der Waals surface area contributed by atoms with E-state index in [9.17, 15) is 9.36 Å². The summed E-state index contributed by atoms with van der Waals surface area (Å²) in [7, 11) is -2.72. The fourth-order valence-electron chi connectivity index (χ4n) is 2.33. The number of hydrogen-bond acceptors (Lipinski definition) is 2. The molecule has 94 valence electrons. The lowest BCUT2D eigenvalue weighted by molar-refractivity contribution is 0.520. The molecule has 3 heteroatoms. The van der Waals surface area contributed by atoms with E-state index in [1.54, 1.807) is 0 Å². The van der Waals surface area contributed by atoms with Crippen LogP contribution in [-0.2, 0) is 9.36 Å². The molecular formula is C13H25O2P. The van der Waals surface area contributed by atoms with Gasteiger partial charge in [-0.2, -0.15) is 0 Å². The molecule has 0 aromatic heterocycles. The first-order valence-electron chi connectivity index (χ1n) is 5.87. The van der Waals surface area contributed by atoms with Crippen LogP contribution in [0.1, 0.15) is 61.3 Å². The zero-order chi connectivity index (χ0) is 13.2. The molecule has 0 spiro atoms. The average Bonchev–Trinajstić information content (AvgIpc) is 2.09. The Bertz CT molecular complexity index is 318. The van der Waals surface area contributed by atoms with E-state index in [4.69, 9.17) is 0 Å². The van der Waals surface area contributed by atoms with E-state index < -0.39 is 7.14 Å². The summed E-state index contributed by atoms with van der Waals surface area (Å²) < 4.78 is 13.3. The van der Waals surface area contributed by atoms with E-state index in [0.717, 1.165) is 6.42 Å². The minimum atomic E-state index is -2.72. The van der Waals surface area contributed by atoms with Crippen molar-refractivity contribution in [1.29, 1.82) is 0 Å². The monoisotopic (exact) mass is 244 g/mol. The SMILES string of the molecule is CCCC(=C=O)P(=O)(C(C)(C)C)C(C)(C)C. The molecule has 0 aromatic carbocycles. The smallest absolute Gasteiger partial charge is 0.132 e.